The highest BCUT2D eigenvalue weighted by Crippen LogP contribution is 2.40. The molecule has 0 atom stereocenters. The minimum Gasteiger partial charge on any atom is -0.492 e. The number of alkyl halides is 3. The van der Waals surface area contributed by atoms with Crippen molar-refractivity contribution in [3.05, 3.63) is 22.2 Å². The molecule has 0 saturated heterocycles. The lowest BCUT2D eigenvalue weighted by Crippen LogP contribution is -2.31. The highest BCUT2D eigenvalue weighted by Gasteiger charge is 2.41. The van der Waals surface area contributed by atoms with Crippen LogP contribution in [0.5, 0.6) is 11.5 Å². The van der Waals surface area contributed by atoms with Crippen LogP contribution in [0.15, 0.2) is 16.6 Å². The maximum Gasteiger partial charge on any atom is 0.391 e. The summed E-state index contributed by atoms with van der Waals surface area (Å²) in [5.74, 6) is 0.391. The maximum atomic E-state index is 12.6. The summed E-state index contributed by atoms with van der Waals surface area (Å²) in [5.41, 5.74) is 1.09. The summed E-state index contributed by atoms with van der Waals surface area (Å²) < 4.78 is 50.1. The van der Waals surface area contributed by atoms with E-state index in [1.165, 1.54) is 0 Å². The van der Waals surface area contributed by atoms with Crippen molar-refractivity contribution < 1.29 is 22.6 Å². The Kier molecular flexibility index (Phi) is 4.08. The first-order valence-corrected chi connectivity index (χ1v) is 7.91. The van der Waals surface area contributed by atoms with Gasteiger partial charge in [-0.05, 0) is 53.7 Å². The average Bonchev–Trinajstić information content (AvgIpc) is 2.87. The number of hydrogen-bond donors (Lipinski definition) is 0. The van der Waals surface area contributed by atoms with Crippen LogP contribution in [-0.4, -0.2) is 18.9 Å². The highest BCUT2D eigenvalue weighted by molar-refractivity contribution is 9.10. The van der Waals surface area contributed by atoms with Gasteiger partial charge in [-0.2, -0.15) is 13.2 Å². The second kappa shape index (κ2) is 5.71. The van der Waals surface area contributed by atoms with Crippen LogP contribution in [0.3, 0.4) is 0 Å². The van der Waals surface area contributed by atoms with Crippen molar-refractivity contribution in [2.75, 3.05) is 6.61 Å². The smallest absolute Gasteiger partial charge is 0.391 e. The minimum atomic E-state index is -4.07. The number of ether oxygens (including phenoxy) is 2. The van der Waals surface area contributed by atoms with Crippen molar-refractivity contribution >= 4 is 15.9 Å². The summed E-state index contributed by atoms with van der Waals surface area (Å²) in [6, 6.07) is 3.77. The second-order valence-electron chi connectivity index (χ2n) is 5.62. The fourth-order valence-corrected chi connectivity index (χ4v) is 3.60. The van der Waals surface area contributed by atoms with E-state index in [4.69, 9.17) is 9.47 Å². The van der Waals surface area contributed by atoms with E-state index in [9.17, 15) is 13.2 Å². The van der Waals surface area contributed by atoms with Crippen molar-refractivity contribution in [2.24, 2.45) is 5.92 Å². The molecule has 1 saturated carbocycles. The zero-order chi connectivity index (χ0) is 15.0. The zero-order valence-electron chi connectivity index (χ0n) is 11.4. The van der Waals surface area contributed by atoms with E-state index in [-0.39, 0.29) is 18.9 Å². The normalized spacial score (nSPS) is 25.3. The summed E-state index contributed by atoms with van der Waals surface area (Å²) in [7, 11) is 0. The number of rotatable bonds is 2. The molecule has 0 amide bonds. The lowest BCUT2D eigenvalue weighted by molar-refractivity contribution is -0.185. The first-order chi connectivity index (χ1) is 9.93. The summed E-state index contributed by atoms with van der Waals surface area (Å²) in [6.45, 7) is 0.661. The number of benzene rings is 1. The first-order valence-electron chi connectivity index (χ1n) is 7.12. The molecule has 0 spiro atoms. The molecule has 1 aliphatic heterocycles. The van der Waals surface area contributed by atoms with Gasteiger partial charge in [-0.1, -0.05) is 0 Å². The molecule has 0 bridgehead atoms. The average molecular weight is 365 g/mol. The van der Waals surface area contributed by atoms with Gasteiger partial charge in [0.05, 0.1) is 23.1 Å². The molecule has 116 valence electrons. The van der Waals surface area contributed by atoms with E-state index in [2.05, 4.69) is 15.9 Å². The predicted molar refractivity (Wildman–Crippen MR) is 75.8 cm³/mol. The Balaban J connectivity index is 1.62. The molecular weight excluding hydrogens is 349 g/mol. The molecule has 1 aromatic rings. The van der Waals surface area contributed by atoms with E-state index >= 15 is 0 Å². The van der Waals surface area contributed by atoms with Crippen molar-refractivity contribution in [3.8, 4) is 11.5 Å². The molecule has 1 aliphatic carbocycles. The van der Waals surface area contributed by atoms with Gasteiger partial charge >= 0.3 is 6.18 Å². The number of fused-ring (bicyclic) bond motifs is 1. The lowest BCUT2D eigenvalue weighted by atomic mass is 9.87. The topological polar surface area (TPSA) is 18.5 Å². The Hall–Kier alpha value is -0.910. The predicted octanol–water partition coefficient (Wildman–Crippen LogP) is 4.88. The van der Waals surface area contributed by atoms with Crippen LogP contribution in [0.25, 0.3) is 0 Å². The van der Waals surface area contributed by atoms with Crippen LogP contribution >= 0.6 is 15.9 Å². The van der Waals surface area contributed by atoms with Gasteiger partial charge < -0.3 is 9.47 Å². The molecular formula is C15H16BrF3O2. The van der Waals surface area contributed by atoms with E-state index in [0.29, 0.717) is 25.2 Å². The summed E-state index contributed by atoms with van der Waals surface area (Å²) in [5, 5.41) is 0. The molecule has 1 aromatic carbocycles. The van der Waals surface area contributed by atoms with E-state index in [1.807, 2.05) is 12.1 Å². The number of halogens is 4. The quantitative estimate of drug-likeness (QED) is 0.744. The van der Waals surface area contributed by atoms with Gasteiger partial charge in [-0.3, -0.25) is 0 Å². The molecule has 6 heteroatoms. The molecule has 21 heavy (non-hydrogen) atoms. The fraction of sp³-hybridized carbons (Fsp3) is 0.600. The molecule has 0 unspecified atom stereocenters. The molecule has 1 heterocycles. The van der Waals surface area contributed by atoms with Gasteiger partial charge in [-0.15, -0.1) is 0 Å². The molecule has 3 rings (SSSR count). The van der Waals surface area contributed by atoms with Gasteiger partial charge in [0.25, 0.3) is 0 Å². The van der Waals surface area contributed by atoms with Gasteiger partial charge in [-0.25, -0.2) is 0 Å². The second-order valence-corrected chi connectivity index (χ2v) is 6.48. The first kappa shape index (κ1) is 15.0. The monoisotopic (exact) mass is 364 g/mol. The third-order valence-electron chi connectivity index (χ3n) is 4.15. The summed E-state index contributed by atoms with van der Waals surface area (Å²) in [4.78, 5) is 0. The van der Waals surface area contributed by atoms with E-state index in [0.717, 1.165) is 22.2 Å². The van der Waals surface area contributed by atoms with E-state index in [1.54, 1.807) is 0 Å². The summed E-state index contributed by atoms with van der Waals surface area (Å²) in [6.07, 6.45) is -2.14. The Bertz CT molecular complexity index is 522. The molecule has 0 aromatic heterocycles. The summed E-state index contributed by atoms with van der Waals surface area (Å²) >= 11 is 3.44. The van der Waals surface area contributed by atoms with Crippen molar-refractivity contribution in [3.63, 3.8) is 0 Å². The highest BCUT2D eigenvalue weighted by atomic mass is 79.9. The zero-order valence-corrected chi connectivity index (χ0v) is 13.0. The van der Waals surface area contributed by atoms with Crippen molar-refractivity contribution in [2.45, 2.75) is 44.4 Å². The minimum absolute atomic E-state index is 0.129. The molecule has 1 fully saturated rings. The van der Waals surface area contributed by atoms with Gasteiger partial charge in [0.2, 0.25) is 0 Å². The van der Waals surface area contributed by atoms with Crippen LogP contribution in [-0.2, 0) is 6.42 Å². The molecule has 2 aliphatic rings. The fourth-order valence-electron chi connectivity index (χ4n) is 3.00. The van der Waals surface area contributed by atoms with Gasteiger partial charge in [0.1, 0.15) is 11.5 Å². The van der Waals surface area contributed by atoms with Crippen LogP contribution in [0.1, 0.15) is 31.2 Å². The lowest BCUT2D eigenvalue weighted by Gasteiger charge is -2.30. The van der Waals surface area contributed by atoms with Crippen molar-refractivity contribution in [1.29, 1.82) is 0 Å². The molecule has 0 N–H and O–H groups in total. The molecule has 2 nitrogen and oxygen atoms in total. The Morgan fingerprint density at radius 2 is 1.86 bits per heavy atom. The third kappa shape index (κ3) is 3.30. The Labute approximate surface area is 129 Å². The standard InChI is InChI=1S/C15H16BrF3O2/c16-13-8-12(7-9-5-6-20-14(9)13)21-11-3-1-10(2-4-11)15(17,18)19/h7-8,10-11H,1-6H2/t10-,11+. The van der Waals surface area contributed by atoms with Crippen molar-refractivity contribution in [1.82, 2.24) is 0 Å². The van der Waals surface area contributed by atoms with Crippen LogP contribution in [0.4, 0.5) is 13.2 Å². The Morgan fingerprint density at radius 1 is 1.14 bits per heavy atom. The van der Waals surface area contributed by atoms with Crippen LogP contribution in [0.2, 0.25) is 0 Å². The SMILES string of the molecule is FC(F)(F)[C@H]1CC[C@@H](Oc2cc(Br)c3c(c2)CCO3)CC1. The van der Waals surface area contributed by atoms with E-state index < -0.39 is 12.1 Å². The largest absolute Gasteiger partial charge is 0.492 e. The molecule has 0 radical (unpaired) electrons. The number of hydrogen-bond acceptors (Lipinski definition) is 2. The third-order valence-corrected chi connectivity index (χ3v) is 4.74. The van der Waals surface area contributed by atoms with Gasteiger partial charge in [0, 0.05) is 12.0 Å². The van der Waals surface area contributed by atoms with Crippen LogP contribution in [0, 0.1) is 5.92 Å². The van der Waals surface area contributed by atoms with Crippen LogP contribution < -0.4 is 9.47 Å². The van der Waals surface area contributed by atoms with Gasteiger partial charge in [0.15, 0.2) is 0 Å². The Morgan fingerprint density at radius 3 is 2.52 bits per heavy atom. The maximum absolute atomic E-state index is 12.6.